The summed E-state index contributed by atoms with van der Waals surface area (Å²) >= 11 is 0. The quantitative estimate of drug-likeness (QED) is 0.664. The first-order valence-corrected chi connectivity index (χ1v) is 5.06. The summed E-state index contributed by atoms with van der Waals surface area (Å²) in [5.74, 6) is 0.882. The van der Waals surface area contributed by atoms with Gasteiger partial charge in [0.15, 0.2) is 0 Å². The summed E-state index contributed by atoms with van der Waals surface area (Å²) in [4.78, 5) is 0. The number of nitrogen functional groups attached to an aromatic ring is 1. The predicted molar refractivity (Wildman–Crippen MR) is 62.0 cm³/mol. The lowest BCUT2D eigenvalue weighted by molar-refractivity contribution is 0.484. The number of hydrogen-bond donors (Lipinski definition) is 1. The zero-order valence-corrected chi connectivity index (χ0v) is 8.63. The molecule has 0 radical (unpaired) electrons. The second-order valence-electron chi connectivity index (χ2n) is 3.70. The fourth-order valence-corrected chi connectivity index (χ4v) is 1.76. The Balaban J connectivity index is 2.07. The van der Waals surface area contributed by atoms with Crippen LogP contribution < -0.4 is 5.73 Å². The van der Waals surface area contributed by atoms with E-state index in [1.165, 1.54) is 0 Å². The smallest absolute Gasteiger partial charge is 0.125 e. The molecule has 3 aromatic rings. The number of aromatic nitrogens is 2. The van der Waals surface area contributed by atoms with Crippen molar-refractivity contribution < 1.29 is 4.42 Å². The molecule has 16 heavy (non-hydrogen) atoms. The molecular weight excluding hydrogens is 202 g/mol. The molecule has 0 amide bonds. The van der Waals surface area contributed by atoms with Gasteiger partial charge in [0.25, 0.3) is 0 Å². The first-order valence-electron chi connectivity index (χ1n) is 5.06. The molecule has 2 N–H and O–H groups in total. The van der Waals surface area contributed by atoms with Crippen molar-refractivity contribution in [3.63, 3.8) is 0 Å². The van der Waals surface area contributed by atoms with E-state index in [2.05, 4.69) is 5.10 Å². The van der Waals surface area contributed by atoms with Crippen LogP contribution in [0.5, 0.6) is 0 Å². The van der Waals surface area contributed by atoms with Crippen molar-refractivity contribution in [3.8, 4) is 0 Å². The molecule has 3 rings (SSSR count). The normalized spacial score (nSPS) is 11.0. The Morgan fingerprint density at radius 2 is 2.25 bits per heavy atom. The van der Waals surface area contributed by atoms with Gasteiger partial charge in [0.1, 0.15) is 5.76 Å². The van der Waals surface area contributed by atoms with Gasteiger partial charge in [-0.3, -0.25) is 4.68 Å². The summed E-state index contributed by atoms with van der Waals surface area (Å²) in [5.41, 5.74) is 7.53. The van der Waals surface area contributed by atoms with Crippen molar-refractivity contribution in [2.24, 2.45) is 0 Å². The fourth-order valence-electron chi connectivity index (χ4n) is 1.76. The van der Waals surface area contributed by atoms with Crippen LogP contribution in [0.2, 0.25) is 0 Å². The van der Waals surface area contributed by atoms with Crippen LogP contribution in [0.25, 0.3) is 10.9 Å². The molecule has 0 atom stereocenters. The summed E-state index contributed by atoms with van der Waals surface area (Å²) < 4.78 is 7.17. The van der Waals surface area contributed by atoms with E-state index in [0.29, 0.717) is 6.54 Å². The summed E-state index contributed by atoms with van der Waals surface area (Å²) in [7, 11) is 0. The Hall–Kier alpha value is -2.23. The van der Waals surface area contributed by atoms with Gasteiger partial charge in [0.05, 0.1) is 24.5 Å². The lowest BCUT2D eigenvalue weighted by Gasteiger charge is -2.01. The maximum absolute atomic E-state index is 5.76. The van der Waals surface area contributed by atoms with Gasteiger partial charge < -0.3 is 10.2 Å². The van der Waals surface area contributed by atoms with Crippen LogP contribution in [-0.4, -0.2) is 9.78 Å². The second kappa shape index (κ2) is 3.41. The third-order valence-electron chi connectivity index (χ3n) is 2.55. The Labute approximate surface area is 92.3 Å². The molecule has 0 saturated heterocycles. The van der Waals surface area contributed by atoms with Crippen molar-refractivity contribution >= 4 is 16.6 Å². The molecule has 0 saturated carbocycles. The average molecular weight is 213 g/mol. The van der Waals surface area contributed by atoms with E-state index in [0.717, 1.165) is 22.4 Å². The highest BCUT2D eigenvalue weighted by molar-refractivity contribution is 5.81. The van der Waals surface area contributed by atoms with E-state index in [-0.39, 0.29) is 0 Å². The number of furan rings is 1. The van der Waals surface area contributed by atoms with E-state index >= 15 is 0 Å². The Morgan fingerprint density at radius 1 is 1.31 bits per heavy atom. The summed E-state index contributed by atoms with van der Waals surface area (Å²) in [6.45, 7) is 0.625. The number of nitrogens with zero attached hydrogens (tertiary/aromatic N) is 2. The SMILES string of the molecule is Nc1ccc2cnn(Cc3ccco3)c2c1. The Morgan fingerprint density at radius 3 is 3.06 bits per heavy atom. The van der Waals surface area contributed by atoms with Crippen molar-refractivity contribution in [2.75, 3.05) is 5.73 Å². The van der Waals surface area contributed by atoms with E-state index in [9.17, 15) is 0 Å². The van der Waals surface area contributed by atoms with Gasteiger partial charge in [-0.25, -0.2) is 0 Å². The van der Waals surface area contributed by atoms with Gasteiger partial charge in [-0.15, -0.1) is 0 Å². The molecule has 4 heteroatoms. The van der Waals surface area contributed by atoms with Gasteiger partial charge in [-0.2, -0.15) is 5.10 Å². The highest BCUT2D eigenvalue weighted by atomic mass is 16.3. The average Bonchev–Trinajstić information content (AvgIpc) is 2.90. The molecule has 0 aliphatic heterocycles. The van der Waals surface area contributed by atoms with Crippen LogP contribution in [0, 0.1) is 0 Å². The number of hydrogen-bond acceptors (Lipinski definition) is 3. The molecule has 0 aliphatic carbocycles. The van der Waals surface area contributed by atoms with Crippen molar-refractivity contribution in [3.05, 3.63) is 48.6 Å². The topological polar surface area (TPSA) is 57.0 Å². The number of rotatable bonds is 2. The van der Waals surface area contributed by atoms with E-state index < -0.39 is 0 Å². The molecule has 0 fully saturated rings. The maximum atomic E-state index is 5.76. The highest BCUT2D eigenvalue weighted by Gasteiger charge is 2.04. The third kappa shape index (κ3) is 1.44. The van der Waals surface area contributed by atoms with Crippen molar-refractivity contribution in [2.45, 2.75) is 6.54 Å². The Bertz CT molecular complexity index is 610. The first kappa shape index (κ1) is 9.03. The van der Waals surface area contributed by atoms with E-state index in [4.69, 9.17) is 10.2 Å². The molecule has 80 valence electrons. The molecule has 4 nitrogen and oxygen atoms in total. The summed E-state index contributed by atoms with van der Waals surface area (Å²) in [6.07, 6.45) is 3.49. The minimum absolute atomic E-state index is 0.625. The second-order valence-corrected chi connectivity index (χ2v) is 3.70. The minimum atomic E-state index is 0.625. The lowest BCUT2D eigenvalue weighted by Crippen LogP contribution is -2.00. The van der Waals surface area contributed by atoms with Crippen molar-refractivity contribution in [1.29, 1.82) is 0 Å². The number of nitrogens with two attached hydrogens (primary N) is 1. The minimum Gasteiger partial charge on any atom is -0.467 e. The van der Waals surface area contributed by atoms with Crippen LogP contribution in [-0.2, 0) is 6.54 Å². The molecule has 2 aromatic heterocycles. The van der Waals surface area contributed by atoms with Gasteiger partial charge in [-0.05, 0) is 30.3 Å². The van der Waals surface area contributed by atoms with Gasteiger partial charge >= 0.3 is 0 Å². The highest BCUT2D eigenvalue weighted by Crippen LogP contribution is 2.18. The van der Waals surface area contributed by atoms with Crippen LogP contribution in [0.15, 0.2) is 47.2 Å². The molecule has 0 unspecified atom stereocenters. The molecule has 1 aromatic carbocycles. The fraction of sp³-hybridized carbons (Fsp3) is 0.0833. The standard InChI is InChI=1S/C12H11N3O/c13-10-4-3-9-7-14-15(12(9)6-10)8-11-2-1-5-16-11/h1-7H,8,13H2. The predicted octanol–water partition coefficient (Wildman–Crippen LogP) is 2.26. The molecule has 0 spiro atoms. The van der Waals surface area contributed by atoms with Gasteiger partial charge in [0, 0.05) is 11.1 Å². The zero-order valence-electron chi connectivity index (χ0n) is 8.63. The zero-order chi connectivity index (χ0) is 11.0. The molecular formula is C12H11N3O. The van der Waals surface area contributed by atoms with Crippen LogP contribution in [0.3, 0.4) is 0 Å². The van der Waals surface area contributed by atoms with Crippen LogP contribution >= 0.6 is 0 Å². The number of benzene rings is 1. The number of fused-ring (bicyclic) bond motifs is 1. The van der Waals surface area contributed by atoms with Crippen LogP contribution in [0.1, 0.15) is 5.76 Å². The van der Waals surface area contributed by atoms with Gasteiger partial charge in [-0.1, -0.05) is 0 Å². The Kier molecular flexibility index (Phi) is 1.93. The van der Waals surface area contributed by atoms with Gasteiger partial charge in [0.2, 0.25) is 0 Å². The monoisotopic (exact) mass is 213 g/mol. The van der Waals surface area contributed by atoms with E-state index in [1.54, 1.807) is 6.26 Å². The first-order chi connectivity index (χ1) is 7.83. The maximum Gasteiger partial charge on any atom is 0.125 e. The lowest BCUT2D eigenvalue weighted by atomic mass is 10.2. The summed E-state index contributed by atoms with van der Waals surface area (Å²) in [6, 6.07) is 9.57. The molecule has 2 heterocycles. The third-order valence-corrected chi connectivity index (χ3v) is 2.55. The summed E-state index contributed by atoms with van der Waals surface area (Å²) in [5, 5.41) is 5.40. The van der Waals surface area contributed by atoms with Crippen molar-refractivity contribution in [1.82, 2.24) is 9.78 Å². The molecule has 0 bridgehead atoms. The van der Waals surface area contributed by atoms with Crippen LogP contribution in [0.4, 0.5) is 5.69 Å². The number of anilines is 1. The molecule has 0 aliphatic rings. The van der Waals surface area contributed by atoms with E-state index in [1.807, 2.05) is 41.2 Å². The largest absolute Gasteiger partial charge is 0.467 e.